The van der Waals surface area contributed by atoms with Crippen LogP contribution < -0.4 is 0 Å². The van der Waals surface area contributed by atoms with Gasteiger partial charge in [-0.15, -0.1) is 0 Å². The van der Waals surface area contributed by atoms with Gasteiger partial charge in [0.25, 0.3) is 0 Å². The molecule has 0 amide bonds. The Morgan fingerprint density at radius 3 is 2.65 bits per heavy atom. The molecule has 0 nitrogen and oxygen atoms in total. The molecule has 4 unspecified atom stereocenters. The summed E-state index contributed by atoms with van der Waals surface area (Å²) in [7, 11) is 0. The molecule has 23 heavy (non-hydrogen) atoms. The zero-order valence-corrected chi connectivity index (χ0v) is 15.8. The van der Waals surface area contributed by atoms with Crippen LogP contribution in [0.15, 0.2) is 24.3 Å². The normalized spacial score (nSPS) is 28.8. The fourth-order valence-corrected chi connectivity index (χ4v) is 5.56. The van der Waals surface area contributed by atoms with Crippen LogP contribution >= 0.6 is 0 Å². The molecule has 4 atom stereocenters. The summed E-state index contributed by atoms with van der Waals surface area (Å²) in [4.78, 5) is 0. The van der Waals surface area contributed by atoms with Gasteiger partial charge in [-0.3, -0.25) is 0 Å². The van der Waals surface area contributed by atoms with E-state index >= 15 is 0 Å². The molecular formula is C23H36. The Labute approximate surface area is 144 Å². The van der Waals surface area contributed by atoms with Gasteiger partial charge in [0.15, 0.2) is 0 Å². The number of hydrogen-bond donors (Lipinski definition) is 0. The van der Waals surface area contributed by atoms with Gasteiger partial charge in [-0.2, -0.15) is 0 Å². The number of hydrogen-bond acceptors (Lipinski definition) is 0. The highest BCUT2D eigenvalue weighted by Gasteiger charge is 2.45. The molecule has 0 aromatic heterocycles. The molecule has 0 heterocycles. The number of unbranched alkanes of at least 4 members (excludes halogenated alkanes) is 1. The molecule has 0 saturated heterocycles. The Hall–Kier alpha value is -0.780. The van der Waals surface area contributed by atoms with E-state index in [0.29, 0.717) is 5.41 Å². The molecule has 2 aliphatic rings. The maximum absolute atomic E-state index is 2.58. The summed E-state index contributed by atoms with van der Waals surface area (Å²) in [5.74, 6) is 3.48. The fourth-order valence-electron chi connectivity index (χ4n) is 5.56. The first kappa shape index (κ1) is 17.1. The fraction of sp³-hybridized carbons (Fsp3) is 0.739. The van der Waals surface area contributed by atoms with Crippen molar-refractivity contribution in [2.75, 3.05) is 0 Å². The average molecular weight is 313 g/mol. The number of fused-ring (bicyclic) bond motifs is 3. The van der Waals surface area contributed by atoms with Gasteiger partial charge in [-0.25, -0.2) is 0 Å². The molecule has 1 aromatic carbocycles. The van der Waals surface area contributed by atoms with E-state index in [1.54, 1.807) is 11.1 Å². The van der Waals surface area contributed by atoms with Crippen molar-refractivity contribution in [1.29, 1.82) is 0 Å². The first-order chi connectivity index (χ1) is 11.1. The zero-order valence-electron chi connectivity index (χ0n) is 15.8. The summed E-state index contributed by atoms with van der Waals surface area (Å²) in [5, 5.41) is 0. The van der Waals surface area contributed by atoms with Gasteiger partial charge in [0, 0.05) is 0 Å². The largest absolute Gasteiger partial charge is 0.0654 e. The molecule has 3 rings (SSSR count). The first-order valence-electron chi connectivity index (χ1n) is 10.1. The van der Waals surface area contributed by atoms with Crippen molar-refractivity contribution in [3.05, 3.63) is 35.4 Å². The maximum atomic E-state index is 2.58. The van der Waals surface area contributed by atoms with Crippen molar-refractivity contribution >= 4 is 0 Å². The topological polar surface area (TPSA) is 0 Å². The standard InChI is InChI=1S/C23H36/c1-5-6-11-17(2)23(3,4)22-16-18-12-7-8-13-19(18)20-14-9-10-15-21(20)22/h7-8,12-13,17,20-22H,5-6,9-11,14-16H2,1-4H3. The van der Waals surface area contributed by atoms with Crippen molar-refractivity contribution in [2.24, 2.45) is 23.2 Å². The molecule has 0 aliphatic heterocycles. The van der Waals surface area contributed by atoms with Crippen LogP contribution in [0.25, 0.3) is 0 Å². The summed E-state index contributed by atoms with van der Waals surface area (Å²) in [6.45, 7) is 10.0. The lowest BCUT2D eigenvalue weighted by molar-refractivity contribution is 0.0342. The predicted molar refractivity (Wildman–Crippen MR) is 101 cm³/mol. The Morgan fingerprint density at radius 1 is 1.13 bits per heavy atom. The van der Waals surface area contributed by atoms with E-state index in [-0.39, 0.29) is 0 Å². The van der Waals surface area contributed by atoms with Gasteiger partial charge < -0.3 is 0 Å². The van der Waals surface area contributed by atoms with Crippen LogP contribution in [0.3, 0.4) is 0 Å². The van der Waals surface area contributed by atoms with Crippen molar-refractivity contribution in [3.63, 3.8) is 0 Å². The molecule has 1 saturated carbocycles. The van der Waals surface area contributed by atoms with Crippen LogP contribution in [0.1, 0.15) is 89.7 Å². The second-order valence-corrected chi connectivity index (χ2v) is 8.93. The SMILES string of the molecule is CCCCC(C)C(C)(C)C1Cc2ccccc2C2CCCCC21. The number of rotatable bonds is 5. The van der Waals surface area contributed by atoms with Crippen molar-refractivity contribution in [2.45, 2.75) is 85.0 Å². The van der Waals surface area contributed by atoms with Gasteiger partial charge in [0.05, 0.1) is 0 Å². The van der Waals surface area contributed by atoms with E-state index < -0.39 is 0 Å². The molecule has 0 radical (unpaired) electrons. The van der Waals surface area contributed by atoms with Crippen molar-refractivity contribution in [1.82, 2.24) is 0 Å². The number of benzene rings is 1. The minimum atomic E-state index is 0.461. The lowest BCUT2D eigenvalue weighted by atomic mass is 9.54. The van der Waals surface area contributed by atoms with Crippen LogP contribution in [-0.4, -0.2) is 0 Å². The van der Waals surface area contributed by atoms with E-state index in [1.807, 2.05) is 0 Å². The molecule has 0 heteroatoms. The van der Waals surface area contributed by atoms with E-state index in [4.69, 9.17) is 0 Å². The summed E-state index contributed by atoms with van der Waals surface area (Å²) in [5.41, 5.74) is 3.82. The van der Waals surface area contributed by atoms with E-state index in [9.17, 15) is 0 Å². The minimum absolute atomic E-state index is 0.461. The van der Waals surface area contributed by atoms with Gasteiger partial charge >= 0.3 is 0 Å². The van der Waals surface area contributed by atoms with E-state index in [1.165, 1.54) is 51.4 Å². The first-order valence-corrected chi connectivity index (χ1v) is 10.1. The monoisotopic (exact) mass is 312 g/mol. The highest BCUT2D eigenvalue weighted by molar-refractivity contribution is 5.35. The molecule has 2 aliphatic carbocycles. The third-order valence-corrected chi connectivity index (χ3v) is 7.45. The Bertz CT molecular complexity index is 513. The third-order valence-electron chi connectivity index (χ3n) is 7.45. The molecule has 0 N–H and O–H groups in total. The molecule has 1 aromatic rings. The molecule has 0 spiro atoms. The highest BCUT2D eigenvalue weighted by atomic mass is 14.5. The third kappa shape index (κ3) is 3.24. The van der Waals surface area contributed by atoms with Crippen LogP contribution in [-0.2, 0) is 6.42 Å². The molecule has 1 fully saturated rings. The maximum Gasteiger partial charge on any atom is -0.0128 e. The Morgan fingerprint density at radius 2 is 1.87 bits per heavy atom. The van der Waals surface area contributed by atoms with Crippen LogP contribution in [0.4, 0.5) is 0 Å². The smallest absolute Gasteiger partial charge is 0.0128 e. The van der Waals surface area contributed by atoms with E-state index in [0.717, 1.165) is 23.7 Å². The van der Waals surface area contributed by atoms with Gasteiger partial charge in [-0.1, -0.05) is 84.1 Å². The van der Waals surface area contributed by atoms with Gasteiger partial charge in [-0.05, 0) is 59.5 Å². The molecule has 0 bridgehead atoms. The van der Waals surface area contributed by atoms with Crippen molar-refractivity contribution in [3.8, 4) is 0 Å². The highest BCUT2D eigenvalue weighted by Crippen LogP contribution is 2.55. The van der Waals surface area contributed by atoms with Crippen molar-refractivity contribution < 1.29 is 0 Å². The van der Waals surface area contributed by atoms with E-state index in [2.05, 4.69) is 52.0 Å². The second-order valence-electron chi connectivity index (χ2n) is 8.93. The van der Waals surface area contributed by atoms with Crippen LogP contribution in [0.2, 0.25) is 0 Å². The second kappa shape index (κ2) is 6.99. The van der Waals surface area contributed by atoms with Crippen LogP contribution in [0, 0.1) is 23.2 Å². The van der Waals surface area contributed by atoms with Crippen LogP contribution in [0.5, 0.6) is 0 Å². The summed E-state index contributed by atoms with van der Waals surface area (Å²) in [6, 6.07) is 9.37. The molecular weight excluding hydrogens is 276 g/mol. The van der Waals surface area contributed by atoms with Gasteiger partial charge in [0.2, 0.25) is 0 Å². The zero-order chi connectivity index (χ0) is 16.4. The summed E-state index contributed by atoms with van der Waals surface area (Å²) >= 11 is 0. The summed E-state index contributed by atoms with van der Waals surface area (Å²) < 4.78 is 0. The molecule has 128 valence electrons. The Balaban J connectivity index is 1.89. The Kier molecular flexibility index (Phi) is 5.19. The lowest BCUT2D eigenvalue weighted by Crippen LogP contribution is -2.43. The average Bonchev–Trinajstić information content (AvgIpc) is 2.58. The van der Waals surface area contributed by atoms with Gasteiger partial charge in [0.1, 0.15) is 0 Å². The quantitative estimate of drug-likeness (QED) is 0.550. The minimum Gasteiger partial charge on any atom is -0.0654 e. The lowest BCUT2D eigenvalue weighted by Gasteiger charge is -2.51. The predicted octanol–water partition coefficient (Wildman–Crippen LogP) is 6.99. The summed E-state index contributed by atoms with van der Waals surface area (Å²) in [6.07, 6.45) is 11.2.